The first-order valence-corrected chi connectivity index (χ1v) is 8.11. The van der Waals surface area contributed by atoms with Crippen molar-refractivity contribution in [1.29, 1.82) is 0 Å². The third kappa shape index (κ3) is 3.77. The molecule has 2 aromatic carbocycles. The van der Waals surface area contributed by atoms with Gasteiger partial charge in [0.15, 0.2) is 11.6 Å². The Kier molecular flexibility index (Phi) is 4.84. The Morgan fingerprint density at radius 3 is 2.62 bits per heavy atom. The molecular weight excluding hydrogens is 376 g/mol. The number of hydrogen-bond donors (Lipinski definition) is 1. The van der Waals surface area contributed by atoms with E-state index >= 15 is 0 Å². The summed E-state index contributed by atoms with van der Waals surface area (Å²) in [6.07, 6.45) is -3.35. The molecule has 1 atom stereocenters. The van der Waals surface area contributed by atoms with Gasteiger partial charge < -0.3 is 9.84 Å². The molecule has 0 heterocycles. The number of hydrogen-bond acceptors (Lipinski definition) is 2. The monoisotopic (exact) mass is 388 g/mol. The number of carbonyl (C=O) groups is 1. The lowest BCUT2D eigenvalue weighted by Gasteiger charge is -2.14. The average Bonchev–Trinajstić information content (AvgIpc) is 2.91. The quantitative estimate of drug-likeness (QED) is 0.674. The maximum Gasteiger partial charge on any atom is 0.416 e. The Hall–Kier alpha value is -2.28. The Balaban J connectivity index is 1.90. The van der Waals surface area contributed by atoms with Crippen molar-refractivity contribution < 1.29 is 32.2 Å². The summed E-state index contributed by atoms with van der Waals surface area (Å²) in [4.78, 5) is 11.0. The number of ether oxygens (including phenoxy) is 1. The van der Waals surface area contributed by atoms with E-state index in [1.54, 1.807) is 18.2 Å². The Morgan fingerprint density at radius 1 is 1.27 bits per heavy atom. The van der Waals surface area contributed by atoms with Gasteiger partial charge in [0.05, 0.1) is 17.0 Å². The molecule has 1 aliphatic carbocycles. The Bertz CT molecular complexity index is 841. The Morgan fingerprint density at radius 2 is 2.00 bits per heavy atom. The molecule has 0 aromatic heterocycles. The highest BCUT2D eigenvalue weighted by atomic mass is 35.5. The van der Waals surface area contributed by atoms with Crippen LogP contribution in [0.15, 0.2) is 30.3 Å². The number of aryl methyl sites for hydroxylation is 1. The van der Waals surface area contributed by atoms with E-state index in [9.17, 15) is 22.4 Å². The average molecular weight is 389 g/mol. The van der Waals surface area contributed by atoms with Crippen molar-refractivity contribution >= 4 is 17.6 Å². The first kappa shape index (κ1) is 18.5. The second kappa shape index (κ2) is 6.79. The minimum absolute atomic E-state index is 0.0359. The molecule has 0 fully saturated rings. The number of aliphatic carboxylic acids is 1. The summed E-state index contributed by atoms with van der Waals surface area (Å²) in [5.41, 5.74) is 0.554. The molecule has 1 aliphatic rings. The third-order valence-electron chi connectivity index (χ3n) is 4.29. The molecule has 0 unspecified atom stereocenters. The molecular formula is C18H13ClF4O3. The highest BCUT2D eigenvalue weighted by molar-refractivity contribution is 6.32. The molecule has 0 saturated heterocycles. The van der Waals surface area contributed by atoms with Gasteiger partial charge in [-0.25, -0.2) is 4.39 Å². The van der Waals surface area contributed by atoms with Gasteiger partial charge in [0.1, 0.15) is 5.75 Å². The first-order chi connectivity index (χ1) is 12.1. The van der Waals surface area contributed by atoms with Crippen molar-refractivity contribution in [2.24, 2.45) is 0 Å². The van der Waals surface area contributed by atoms with E-state index in [0.29, 0.717) is 18.6 Å². The lowest BCUT2D eigenvalue weighted by atomic mass is 9.98. The summed E-state index contributed by atoms with van der Waals surface area (Å²) in [5.74, 6) is -2.66. The lowest BCUT2D eigenvalue weighted by molar-refractivity contribution is -0.138. The van der Waals surface area contributed by atoms with Crippen molar-refractivity contribution in [3.63, 3.8) is 0 Å². The van der Waals surface area contributed by atoms with Gasteiger partial charge in [0.25, 0.3) is 0 Å². The summed E-state index contributed by atoms with van der Waals surface area (Å²) in [6.45, 7) is 0. The molecule has 0 spiro atoms. The van der Waals surface area contributed by atoms with Gasteiger partial charge in [-0.2, -0.15) is 13.2 Å². The molecule has 0 radical (unpaired) electrons. The molecule has 138 valence electrons. The minimum Gasteiger partial charge on any atom is -0.481 e. The summed E-state index contributed by atoms with van der Waals surface area (Å²) in [6, 6.07) is 5.80. The molecule has 3 nitrogen and oxygen atoms in total. The SMILES string of the molecule is O=C(O)C[C@H]1CCc2ccc(Oc3c(F)cc(C(F)(F)F)cc3Cl)cc21. The summed E-state index contributed by atoms with van der Waals surface area (Å²) < 4.78 is 57.5. The lowest BCUT2D eigenvalue weighted by Crippen LogP contribution is -2.06. The van der Waals surface area contributed by atoms with Crippen LogP contribution in [0.25, 0.3) is 0 Å². The van der Waals surface area contributed by atoms with Crippen LogP contribution in [-0.2, 0) is 17.4 Å². The largest absolute Gasteiger partial charge is 0.481 e. The van der Waals surface area contributed by atoms with E-state index in [-0.39, 0.29) is 18.1 Å². The standard InChI is InChI=1S/C18H13ClF4O3/c19-14-6-11(18(21,22)23)7-15(20)17(14)26-12-4-3-9-1-2-10(5-16(24)25)13(9)8-12/h3-4,6-8,10H,1-2,5H2,(H,24,25)/t10-/m1/s1. The van der Waals surface area contributed by atoms with Crippen LogP contribution in [0.5, 0.6) is 11.5 Å². The molecule has 8 heteroatoms. The first-order valence-electron chi connectivity index (χ1n) is 7.74. The van der Waals surface area contributed by atoms with Crippen molar-refractivity contribution in [2.45, 2.75) is 31.4 Å². The van der Waals surface area contributed by atoms with Crippen LogP contribution in [-0.4, -0.2) is 11.1 Å². The van der Waals surface area contributed by atoms with Crippen LogP contribution in [0.1, 0.15) is 35.4 Å². The predicted octanol–water partition coefficient (Wildman–Crippen LogP) is 5.79. The van der Waals surface area contributed by atoms with Crippen LogP contribution >= 0.6 is 11.6 Å². The van der Waals surface area contributed by atoms with Gasteiger partial charge in [-0.15, -0.1) is 0 Å². The predicted molar refractivity (Wildman–Crippen MR) is 86.2 cm³/mol. The summed E-state index contributed by atoms with van der Waals surface area (Å²) >= 11 is 5.76. The van der Waals surface area contributed by atoms with E-state index in [2.05, 4.69) is 0 Å². The van der Waals surface area contributed by atoms with Crippen molar-refractivity contribution in [3.8, 4) is 11.5 Å². The van der Waals surface area contributed by atoms with Crippen LogP contribution in [0.4, 0.5) is 17.6 Å². The second-order valence-corrected chi connectivity index (χ2v) is 6.47. The topological polar surface area (TPSA) is 46.5 Å². The van der Waals surface area contributed by atoms with Gasteiger partial charge in [0, 0.05) is 0 Å². The zero-order valence-corrected chi connectivity index (χ0v) is 14.0. The molecule has 2 aromatic rings. The smallest absolute Gasteiger partial charge is 0.416 e. The molecule has 0 saturated carbocycles. The van der Waals surface area contributed by atoms with Crippen molar-refractivity contribution in [3.05, 3.63) is 57.9 Å². The third-order valence-corrected chi connectivity index (χ3v) is 4.57. The number of alkyl halides is 3. The van der Waals surface area contributed by atoms with Crippen molar-refractivity contribution in [2.75, 3.05) is 0 Å². The van der Waals surface area contributed by atoms with Gasteiger partial charge >= 0.3 is 12.1 Å². The minimum atomic E-state index is -4.72. The number of rotatable bonds is 4. The van der Waals surface area contributed by atoms with E-state index in [4.69, 9.17) is 21.4 Å². The number of carboxylic acids is 1. The number of fused-ring (bicyclic) bond motifs is 1. The fraction of sp³-hybridized carbons (Fsp3) is 0.278. The van der Waals surface area contributed by atoms with Crippen LogP contribution in [0.3, 0.4) is 0 Å². The van der Waals surface area contributed by atoms with Crippen LogP contribution < -0.4 is 4.74 Å². The van der Waals surface area contributed by atoms with Gasteiger partial charge in [-0.1, -0.05) is 17.7 Å². The van der Waals surface area contributed by atoms with E-state index in [1.807, 2.05) is 0 Å². The van der Waals surface area contributed by atoms with E-state index < -0.39 is 34.3 Å². The highest BCUT2D eigenvalue weighted by Gasteiger charge is 2.33. The molecule has 0 aliphatic heterocycles. The number of halogens is 5. The van der Waals surface area contributed by atoms with Crippen LogP contribution in [0.2, 0.25) is 5.02 Å². The van der Waals surface area contributed by atoms with Gasteiger partial charge in [-0.05, 0) is 54.2 Å². The molecule has 0 bridgehead atoms. The normalized spacial score (nSPS) is 16.4. The maximum atomic E-state index is 14.1. The van der Waals surface area contributed by atoms with Crippen molar-refractivity contribution in [1.82, 2.24) is 0 Å². The maximum absolute atomic E-state index is 14.1. The fourth-order valence-electron chi connectivity index (χ4n) is 3.09. The molecule has 3 rings (SSSR count). The molecule has 1 N–H and O–H groups in total. The van der Waals surface area contributed by atoms with E-state index in [1.165, 1.54) is 0 Å². The summed E-state index contributed by atoms with van der Waals surface area (Å²) in [7, 11) is 0. The van der Waals surface area contributed by atoms with E-state index in [0.717, 1.165) is 17.5 Å². The second-order valence-electron chi connectivity index (χ2n) is 6.06. The molecule has 0 amide bonds. The summed E-state index contributed by atoms with van der Waals surface area (Å²) in [5, 5.41) is 8.48. The zero-order valence-electron chi connectivity index (χ0n) is 13.2. The zero-order chi connectivity index (χ0) is 19.1. The van der Waals surface area contributed by atoms with Gasteiger partial charge in [-0.3, -0.25) is 4.79 Å². The van der Waals surface area contributed by atoms with Crippen LogP contribution in [0, 0.1) is 5.82 Å². The Labute approximate surface area is 151 Å². The highest BCUT2D eigenvalue weighted by Crippen LogP contribution is 2.41. The fourth-order valence-corrected chi connectivity index (χ4v) is 3.34. The number of benzene rings is 2. The molecule has 26 heavy (non-hydrogen) atoms. The number of carboxylic acid groups (broad SMARTS) is 1. The van der Waals surface area contributed by atoms with Gasteiger partial charge in [0.2, 0.25) is 0 Å².